The van der Waals surface area contributed by atoms with E-state index in [4.69, 9.17) is 0 Å². The van der Waals surface area contributed by atoms with Gasteiger partial charge in [-0.05, 0) is 19.4 Å². The van der Waals surface area contributed by atoms with E-state index in [9.17, 15) is 0 Å². The van der Waals surface area contributed by atoms with Crippen molar-refractivity contribution in [2.75, 3.05) is 13.1 Å². The molecule has 1 aliphatic rings. The van der Waals surface area contributed by atoms with Gasteiger partial charge in [0.05, 0.1) is 5.69 Å². The minimum absolute atomic E-state index is 0.589. The zero-order valence-electron chi connectivity index (χ0n) is 8.24. The molecule has 0 bridgehead atoms. The second-order valence-corrected chi connectivity index (χ2v) is 3.62. The minimum atomic E-state index is 0.589. The first-order valence-electron chi connectivity index (χ1n) is 5.14. The highest BCUT2D eigenvalue weighted by molar-refractivity contribution is 4.94. The van der Waals surface area contributed by atoms with Crippen LogP contribution in [0.25, 0.3) is 0 Å². The molecule has 14 heavy (non-hydrogen) atoms. The molecule has 1 aromatic rings. The highest BCUT2D eigenvalue weighted by Crippen LogP contribution is 2.02. The van der Waals surface area contributed by atoms with Crippen molar-refractivity contribution in [3.8, 4) is 0 Å². The van der Waals surface area contributed by atoms with Crippen LogP contribution in [0.2, 0.25) is 0 Å². The summed E-state index contributed by atoms with van der Waals surface area (Å²) < 4.78 is 0. The summed E-state index contributed by atoms with van der Waals surface area (Å²) in [4.78, 5) is 8.25. The van der Waals surface area contributed by atoms with Crippen molar-refractivity contribution in [1.82, 2.24) is 20.6 Å². The van der Waals surface area contributed by atoms with Crippen LogP contribution in [-0.4, -0.2) is 29.1 Å². The molecule has 0 amide bonds. The molecule has 2 heterocycles. The molecule has 76 valence electrons. The van der Waals surface area contributed by atoms with Crippen molar-refractivity contribution in [1.29, 1.82) is 0 Å². The Kier molecular flexibility index (Phi) is 3.43. The molecule has 0 spiro atoms. The van der Waals surface area contributed by atoms with Crippen molar-refractivity contribution in [3.05, 3.63) is 24.3 Å². The maximum absolute atomic E-state index is 4.22. The Morgan fingerprint density at radius 2 is 2.50 bits per heavy atom. The molecule has 1 aliphatic heterocycles. The molecule has 0 saturated carbocycles. The monoisotopic (exact) mass is 192 g/mol. The van der Waals surface area contributed by atoms with Gasteiger partial charge in [0.25, 0.3) is 0 Å². The number of nitrogens with zero attached hydrogens (tertiary/aromatic N) is 2. The van der Waals surface area contributed by atoms with Gasteiger partial charge in [0.2, 0.25) is 0 Å². The summed E-state index contributed by atoms with van der Waals surface area (Å²) >= 11 is 0. The van der Waals surface area contributed by atoms with Crippen LogP contribution in [0.15, 0.2) is 18.6 Å². The number of hydrogen-bond donors (Lipinski definition) is 2. The van der Waals surface area contributed by atoms with Crippen molar-refractivity contribution < 1.29 is 0 Å². The average molecular weight is 192 g/mol. The fourth-order valence-corrected chi connectivity index (χ4v) is 1.70. The van der Waals surface area contributed by atoms with Crippen LogP contribution in [0, 0.1) is 0 Å². The summed E-state index contributed by atoms with van der Waals surface area (Å²) in [6.45, 7) is 3.05. The predicted octanol–water partition coefficient (Wildman–Crippen LogP) is 0.318. The molecular formula is C10H16N4. The fraction of sp³-hybridized carbons (Fsp3) is 0.600. The van der Waals surface area contributed by atoms with Crippen LogP contribution in [0.3, 0.4) is 0 Å². The van der Waals surface area contributed by atoms with E-state index in [1.54, 1.807) is 12.4 Å². The maximum atomic E-state index is 4.22. The molecule has 4 nitrogen and oxygen atoms in total. The van der Waals surface area contributed by atoms with Crippen LogP contribution in [0.5, 0.6) is 0 Å². The molecule has 1 saturated heterocycles. The van der Waals surface area contributed by atoms with E-state index in [1.165, 1.54) is 12.8 Å². The van der Waals surface area contributed by atoms with E-state index in [0.29, 0.717) is 6.04 Å². The standard InChI is InChI=1S/C10H16N4/c1-2-9(6-11-3-1)14-8-10-7-12-4-5-13-10/h4-5,7,9,11,14H,1-3,6,8H2/t9-/m0/s1. The summed E-state index contributed by atoms with van der Waals surface area (Å²) in [5.41, 5.74) is 1.01. The van der Waals surface area contributed by atoms with Gasteiger partial charge in [0.1, 0.15) is 0 Å². The fourth-order valence-electron chi connectivity index (χ4n) is 1.70. The lowest BCUT2D eigenvalue weighted by Crippen LogP contribution is -2.42. The third-order valence-corrected chi connectivity index (χ3v) is 2.49. The quantitative estimate of drug-likeness (QED) is 0.724. The Balaban J connectivity index is 1.76. The Morgan fingerprint density at radius 3 is 3.21 bits per heavy atom. The van der Waals surface area contributed by atoms with Gasteiger partial charge >= 0.3 is 0 Å². The summed E-state index contributed by atoms with van der Waals surface area (Å²) in [5.74, 6) is 0. The largest absolute Gasteiger partial charge is 0.315 e. The topological polar surface area (TPSA) is 49.8 Å². The van der Waals surface area contributed by atoms with E-state index < -0.39 is 0 Å². The van der Waals surface area contributed by atoms with Gasteiger partial charge in [0, 0.05) is 37.7 Å². The zero-order chi connectivity index (χ0) is 9.64. The average Bonchev–Trinajstić information content (AvgIpc) is 2.29. The van der Waals surface area contributed by atoms with Gasteiger partial charge in [-0.15, -0.1) is 0 Å². The van der Waals surface area contributed by atoms with E-state index in [2.05, 4.69) is 20.6 Å². The molecule has 1 aromatic heterocycles. The number of rotatable bonds is 3. The molecule has 1 fully saturated rings. The molecule has 0 unspecified atom stereocenters. The third kappa shape index (κ3) is 2.75. The molecule has 1 atom stereocenters. The SMILES string of the molecule is c1cnc(CN[C@H]2CCCNC2)cn1. The van der Waals surface area contributed by atoms with Crippen molar-refractivity contribution in [3.63, 3.8) is 0 Å². The maximum Gasteiger partial charge on any atom is 0.0724 e. The van der Waals surface area contributed by atoms with Crippen LogP contribution in [0.4, 0.5) is 0 Å². The van der Waals surface area contributed by atoms with E-state index in [-0.39, 0.29) is 0 Å². The molecule has 2 N–H and O–H groups in total. The lowest BCUT2D eigenvalue weighted by Gasteiger charge is -2.23. The van der Waals surface area contributed by atoms with Gasteiger partial charge in [-0.25, -0.2) is 0 Å². The van der Waals surface area contributed by atoms with Crippen LogP contribution >= 0.6 is 0 Å². The first-order valence-corrected chi connectivity index (χ1v) is 5.14. The molecule has 2 rings (SSSR count). The zero-order valence-corrected chi connectivity index (χ0v) is 8.24. The highest BCUT2D eigenvalue weighted by Gasteiger charge is 2.11. The van der Waals surface area contributed by atoms with E-state index in [1.807, 2.05) is 6.20 Å². The number of piperidine rings is 1. The Bertz CT molecular complexity index is 256. The molecule has 0 aromatic carbocycles. The second kappa shape index (κ2) is 5.02. The lowest BCUT2D eigenvalue weighted by molar-refractivity contribution is 0.387. The number of aromatic nitrogens is 2. The highest BCUT2D eigenvalue weighted by atomic mass is 15.0. The molecule has 0 radical (unpaired) electrons. The van der Waals surface area contributed by atoms with Crippen molar-refractivity contribution >= 4 is 0 Å². The molecule has 4 heteroatoms. The number of hydrogen-bond acceptors (Lipinski definition) is 4. The summed E-state index contributed by atoms with van der Waals surface area (Å²) in [5, 5.41) is 6.85. The summed E-state index contributed by atoms with van der Waals surface area (Å²) in [6.07, 6.45) is 7.76. The first kappa shape index (κ1) is 9.55. The van der Waals surface area contributed by atoms with Crippen LogP contribution < -0.4 is 10.6 Å². The second-order valence-electron chi connectivity index (χ2n) is 3.62. The van der Waals surface area contributed by atoms with Gasteiger partial charge < -0.3 is 10.6 Å². The Labute approximate surface area is 84.2 Å². The molecular weight excluding hydrogens is 176 g/mol. The summed E-state index contributed by atoms with van der Waals surface area (Å²) in [6, 6.07) is 0.589. The van der Waals surface area contributed by atoms with E-state index in [0.717, 1.165) is 25.3 Å². The van der Waals surface area contributed by atoms with E-state index >= 15 is 0 Å². The van der Waals surface area contributed by atoms with Crippen LogP contribution in [0.1, 0.15) is 18.5 Å². The van der Waals surface area contributed by atoms with Gasteiger partial charge in [-0.1, -0.05) is 0 Å². The van der Waals surface area contributed by atoms with Crippen molar-refractivity contribution in [2.24, 2.45) is 0 Å². The summed E-state index contributed by atoms with van der Waals surface area (Å²) in [7, 11) is 0. The number of nitrogens with one attached hydrogen (secondary N) is 2. The molecule has 0 aliphatic carbocycles. The van der Waals surface area contributed by atoms with Gasteiger partial charge in [-0.2, -0.15) is 0 Å². The Morgan fingerprint density at radius 1 is 1.50 bits per heavy atom. The smallest absolute Gasteiger partial charge is 0.0724 e. The third-order valence-electron chi connectivity index (χ3n) is 2.49. The Hall–Kier alpha value is -1.00. The normalized spacial score (nSPS) is 22.1. The van der Waals surface area contributed by atoms with Crippen molar-refractivity contribution in [2.45, 2.75) is 25.4 Å². The van der Waals surface area contributed by atoms with Gasteiger partial charge in [0.15, 0.2) is 0 Å². The predicted molar refractivity (Wildman–Crippen MR) is 54.8 cm³/mol. The minimum Gasteiger partial charge on any atom is -0.315 e. The first-order chi connectivity index (χ1) is 6.95. The van der Waals surface area contributed by atoms with Gasteiger partial charge in [-0.3, -0.25) is 9.97 Å². The van der Waals surface area contributed by atoms with Crippen LogP contribution in [-0.2, 0) is 6.54 Å². The lowest BCUT2D eigenvalue weighted by atomic mass is 10.1.